The maximum atomic E-state index is 14.0. The first-order valence-corrected chi connectivity index (χ1v) is 9.69. The predicted octanol–water partition coefficient (Wildman–Crippen LogP) is 3.38. The summed E-state index contributed by atoms with van der Waals surface area (Å²) in [4.78, 5) is 13.2. The number of anilines is 1. The van der Waals surface area contributed by atoms with Gasteiger partial charge in [-0.1, -0.05) is 30.3 Å². The maximum Gasteiger partial charge on any atom is 0.226 e. The molecule has 1 fully saturated rings. The number of rotatable bonds is 4. The molecule has 4 rings (SSSR count). The molecular weight excluding hydrogens is 369 g/mol. The molecule has 0 amide bonds. The summed E-state index contributed by atoms with van der Waals surface area (Å²) in [5.41, 5.74) is 2.42. The van der Waals surface area contributed by atoms with Crippen LogP contribution in [0.15, 0.2) is 70.3 Å². The van der Waals surface area contributed by atoms with Crippen molar-refractivity contribution in [1.29, 1.82) is 0 Å². The Kier molecular flexibility index (Phi) is 5.74. The van der Waals surface area contributed by atoms with Gasteiger partial charge in [0.25, 0.3) is 0 Å². The van der Waals surface area contributed by atoms with Gasteiger partial charge >= 0.3 is 0 Å². The third kappa shape index (κ3) is 4.39. The molecule has 3 aromatic rings. The van der Waals surface area contributed by atoms with E-state index >= 15 is 0 Å². The van der Waals surface area contributed by atoms with Crippen LogP contribution in [0.2, 0.25) is 0 Å². The fraction of sp³-hybridized carbons (Fsp3) is 0.273. The highest BCUT2D eigenvalue weighted by Crippen LogP contribution is 2.20. The maximum absolute atomic E-state index is 14.0. The van der Waals surface area contributed by atoms with Crippen LogP contribution in [-0.2, 0) is 6.54 Å². The number of nitrogens with one attached hydrogen (secondary N) is 1. The molecular formula is C22H24FN5O. The monoisotopic (exact) mass is 393 g/mol. The minimum Gasteiger partial charge on any atom is -0.444 e. The molecule has 2 heterocycles. The number of piperazine rings is 1. The van der Waals surface area contributed by atoms with E-state index in [0.29, 0.717) is 18.1 Å². The van der Waals surface area contributed by atoms with Gasteiger partial charge in [0.2, 0.25) is 5.89 Å². The highest BCUT2D eigenvalue weighted by atomic mass is 19.1. The van der Waals surface area contributed by atoms with Gasteiger partial charge in [0.1, 0.15) is 12.1 Å². The molecule has 0 aliphatic carbocycles. The van der Waals surface area contributed by atoms with E-state index in [0.717, 1.165) is 43.4 Å². The molecule has 0 spiro atoms. The molecule has 1 aliphatic heterocycles. The number of hydrogen-bond donors (Lipinski definition) is 1. The van der Waals surface area contributed by atoms with Crippen LogP contribution in [-0.4, -0.2) is 49.1 Å². The van der Waals surface area contributed by atoms with Gasteiger partial charge < -0.3 is 19.5 Å². The molecule has 2 aromatic carbocycles. The van der Waals surface area contributed by atoms with Gasteiger partial charge in [-0.25, -0.2) is 9.37 Å². The van der Waals surface area contributed by atoms with E-state index in [1.807, 2.05) is 42.5 Å². The van der Waals surface area contributed by atoms with E-state index in [4.69, 9.17) is 4.42 Å². The molecule has 29 heavy (non-hydrogen) atoms. The SMILES string of the molecule is CN=C(NCc1coc(-c2ccccc2)n1)N1CCN(c2ccccc2F)CC1. The van der Waals surface area contributed by atoms with Gasteiger partial charge in [-0.2, -0.15) is 0 Å². The van der Waals surface area contributed by atoms with Crippen LogP contribution in [0.1, 0.15) is 5.69 Å². The first-order valence-electron chi connectivity index (χ1n) is 9.69. The summed E-state index contributed by atoms with van der Waals surface area (Å²) in [6.07, 6.45) is 1.67. The van der Waals surface area contributed by atoms with E-state index in [1.54, 1.807) is 19.4 Å². The quantitative estimate of drug-likeness (QED) is 0.544. The second kappa shape index (κ2) is 8.77. The van der Waals surface area contributed by atoms with E-state index in [-0.39, 0.29) is 5.82 Å². The Bertz CT molecular complexity index is 964. The van der Waals surface area contributed by atoms with Crippen molar-refractivity contribution >= 4 is 11.6 Å². The van der Waals surface area contributed by atoms with Crippen molar-refractivity contribution in [2.75, 3.05) is 38.1 Å². The van der Waals surface area contributed by atoms with E-state index in [2.05, 4.69) is 25.1 Å². The topological polar surface area (TPSA) is 56.9 Å². The fourth-order valence-corrected chi connectivity index (χ4v) is 3.47. The summed E-state index contributed by atoms with van der Waals surface area (Å²) in [5.74, 6) is 1.24. The minimum atomic E-state index is -0.177. The number of guanidine groups is 1. The lowest BCUT2D eigenvalue weighted by atomic mass is 10.2. The number of hydrogen-bond acceptors (Lipinski definition) is 4. The molecule has 7 heteroatoms. The first kappa shape index (κ1) is 19.0. The molecule has 0 unspecified atom stereocenters. The summed E-state index contributed by atoms with van der Waals surface area (Å²) in [7, 11) is 1.77. The average molecular weight is 393 g/mol. The fourth-order valence-electron chi connectivity index (χ4n) is 3.47. The Hall–Kier alpha value is -3.35. The minimum absolute atomic E-state index is 0.177. The molecule has 0 bridgehead atoms. The molecule has 1 saturated heterocycles. The van der Waals surface area contributed by atoms with Gasteiger partial charge in [0.05, 0.1) is 17.9 Å². The Labute approximate surface area is 169 Å². The number of aliphatic imine (C=N–C) groups is 1. The molecule has 1 aromatic heterocycles. The third-order valence-electron chi connectivity index (χ3n) is 4.98. The zero-order valence-electron chi connectivity index (χ0n) is 16.4. The number of halogens is 1. The van der Waals surface area contributed by atoms with Crippen LogP contribution in [0, 0.1) is 5.82 Å². The number of benzene rings is 2. The smallest absolute Gasteiger partial charge is 0.226 e. The summed E-state index contributed by atoms with van der Waals surface area (Å²) >= 11 is 0. The van der Waals surface area contributed by atoms with Crippen molar-refractivity contribution in [3.05, 3.63) is 72.4 Å². The lowest BCUT2D eigenvalue weighted by Gasteiger charge is -2.37. The highest BCUT2D eigenvalue weighted by molar-refractivity contribution is 5.80. The predicted molar refractivity (Wildman–Crippen MR) is 112 cm³/mol. The number of aromatic nitrogens is 1. The molecule has 0 radical (unpaired) electrons. The molecule has 0 saturated carbocycles. The second-order valence-corrected chi connectivity index (χ2v) is 6.84. The third-order valence-corrected chi connectivity index (χ3v) is 4.98. The van der Waals surface area contributed by atoms with Gasteiger partial charge in [-0.3, -0.25) is 4.99 Å². The van der Waals surface area contributed by atoms with E-state index in [9.17, 15) is 4.39 Å². The number of nitrogens with zero attached hydrogens (tertiary/aromatic N) is 4. The Balaban J connectivity index is 1.33. The number of para-hydroxylation sites is 1. The van der Waals surface area contributed by atoms with Crippen LogP contribution in [0.5, 0.6) is 0 Å². The van der Waals surface area contributed by atoms with Gasteiger partial charge in [0.15, 0.2) is 5.96 Å². The second-order valence-electron chi connectivity index (χ2n) is 6.84. The summed E-state index contributed by atoms with van der Waals surface area (Å²) in [6.45, 7) is 3.54. The summed E-state index contributed by atoms with van der Waals surface area (Å²) < 4.78 is 19.6. The zero-order chi connectivity index (χ0) is 20.1. The molecule has 150 valence electrons. The van der Waals surface area contributed by atoms with Crippen molar-refractivity contribution in [2.24, 2.45) is 4.99 Å². The zero-order valence-corrected chi connectivity index (χ0v) is 16.4. The lowest BCUT2D eigenvalue weighted by Crippen LogP contribution is -2.52. The van der Waals surface area contributed by atoms with Crippen molar-refractivity contribution in [1.82, 2.24) is 15.2 Å². The lowest BCUT2D eigenvalue weighted by molar-refractivity contribution is 0.370. The van der Waals surface area contributed by atoms with Crippen molar-refractivity contribution in [3.8, 4) is 11.5 Å². The normalized spacial score (nSPS) is 14.9. The Morgan fingerprint density at radius 3 is 2.52 bits per heavy atom. The van der Waals surface area contributed by atoms with Gasteiger partial charge in [-0.15, -0.1) is 0 Å². The van der Waals surface area contributed by atoms with Crippen molar-refractivity contribution in [3.63, 3.8) is 0 Å². The molecule has 0 atom stereocenters. The van der Waals surface area contributed by atoms with Crippen LogP contribution < -0.4 is 10.2 Å². The summed E-state index contributed by atoms with van der Waals surface area (Å²) in [5, 5.41) is 3.35. The van der Waals surface area contributed by atoms with E-state index in [1.165, 1.54) is 6.07 Å². The molecule has 6 nitrogen and oxygen atoms in total. The van der Waals surface area contributed by atoms with Gasteiger partial charge in [0, 0.05) is 38.8 Å². The average Bonchev–Trinajstić information content (AvgIpc) is 3.25. The Morgan fingerprint density at radius 2 is 1.79 bits per heavy atom. The summed E-state index contributed by atoms with van der Waals surface area (Å²) in [6, 6.07) is 16.7. The van der Waals surface area contributed by atoms with Crippen LogP contribution in [0.4, 0.5) is 10.1 Å². The standard InChI is InChI=1S/C22H24FN5O/c1-24-22(25-15-18-16-29-21(26-18)17-7-3-2-4-8-17)28-13-11-27(12-14-28)20-10-6-5-9-19(20)23/h2-10,16H,11-15H2,1H3,(H,24,25). The van der Waals surface area contributed by atoms with Crippen LogP contribution in [0.3, 0.4) is 0 Å². The largest absolute Gasteiger partial charge is 0.444 e. The molecule has 1 N–H and O–H groups in total. The first-order chi connectivity index (χ1) is 14.2. The van der Waals surface area contributed by atoms with Gasteiger partial charge in [-0.05, 0) is 24.3 Å². The molecule has 1 aliphatic rings. The van der Waals surface area contributed by atoms with Crippen molar-refractivity contribution in [2.45, 2.75) is 6.54 Å². The van der Waals surface area contributed by atoms with Crippen LogP contribution in [0.25, 0.3) is 11.5 Å². The van der Waals surface area contributed by atoms with E-state index < -0.39 is 0 Å². The Morgan fingerprint density at radius 1 is 1.07 bits per heavy atom. The van der Waals surface area contributed by atoms with Crippen LogP contribution >= 0.6 is 0 Å². The van der Waals surface area contributed by atoms with Crippen molar-refractivity contribution < 1.29 is 8.81 Å². The number of oxazole rings is 1. The highest BCUT2D eigenvalue weighted by Gasteiger charge is 2.21.